The van der Waals surface area contributed by atoms with Gasteiger partial charge in [0.15, 0.2) is 0 Å². The summed E-state index contributed by atoms with van der Waals surface area (Å²) in [5.41, 5.74) is 1.38. The first-order chi connectivity index (χ1) is 12.0. The van der Waals surface area contributed by atoms with Gasteiger partial charge in [-0.3, -0.25) is 4.79 Å². The highest BCUT2D eigenvalue weighted by Gasteiger charge is 2.31. The van der Waals surface area contributed by atoms with Crippen LogP contribution >= 0.6 is 0 Å². The largest absolute Gasteiger partial charge is 0.481 e. The SMILES string of the molecule is CCC(CC)(CNC1CCC(C(=O)O)CC1)NC(C)c1ccccc1. The van der Waals surface area contributed by atoms with E-state index in [1.807, 2.05) is 0 Å². The Morgan fingerprint density at radius 3 is 2.28 bits per heavy atom. The van der Waals surface area contributed by atoms with Crippen molar-refractivity contribution in [2.45, 2.75) is 76.9 Å². The number of carboxylic acid groups (broad SMARTS) is 1. The van der Waals surface area contributed by atoms with E-state index in [4.69, 9.17) is 5.11 Å². The van der Waals surface area contributed by atoms with Gasteiger partial charge in [-0.05, 0) is 51.0 Å². The van der Waals surface area contributed by atoms with Gasteiger partial charge in [0.05, 0.1) is 5.92 Å². The zero-order valence-electron chi connectivity index (χ0n) is 15.9. The van der Waals surface area contributed by atoms with E-state index < -0.39 is 5.97 Å². The second kappa shape index (κ2) is 9.35. The average molecular weight is 347 g/mol. The topological polar surface area (TPSA) is 61.4 Å². The van der Waals surface area contributed by atoms with Crippen LogP contribution in [0.5, 0.6) is 0 Å². The molecule has 4 heteroatoms. The molecule has 1 unspecified atom stereocenters. The van der Waals surface area contributed by atoms with Gasteiger partial charge in [0.1, 0.15) is 0 Å². The molecule has 0 heterocycles. The van der Waals surface area contributed by atoms with Crippen LogP contribution in [0.1, 0.15) is 70.9 Å². The summed E-state index contributed by atoms with van der Waals surface area (Å²) in [6.07, 6.45) is 5.66. The van der Waals surface area contributed by atoms with E-state index in [0.29, 0.717) is 12.1 Å². The van der Waals surface area contributed by atoms with Crippen molar-refractivity contribution in [2.24, 2.45) is 5.92 Å². The summed E-state index contributed by atoms with van der Waals surface area (Å²) in [4.78, 5) is 11.1. The molecule has 1 aromatic rings. The van der Waals surface area contributed by atoms with Crippen molar-refractivity contribution < 1.29 is 9.90 Å². The molecule has 0 radical (unpaired) electrons. The van der Waals surface area contributed by atoms with Crippen LogP contribution in [0, 0.1) is 5.92 Å². The second-order valence-corrected chi connectivity index (χ2v) is 7.53. The number of carbonyl (C=O) groups is 1. The fourth-order valence-electron chi connectivity index (χ4n) is 3.92. The second-order valence-electron chi connectivity index (χ2n) is 7.53. The number of rotatable bonds is 9. The number of carboxylic acids is 1. The summed E-state index contributed by atoms with van der Waals surface area (Å²) in [6.45, 7) is 7.65. The lowest BCUT2D eigenvalue weighted by Crippen LogP contribution is -2.54. The number of hydrogen-bond donors (Lipinski definition) is 3. The maximum absolute atomic E-state index is 11.1. The zero-order chi connectivity index (χ0) is 18.3. The van der Waals surface area contributed by atoms with Crippen molar-refractivity contribution >= 4 is 5.97 Å². The lowest BCUT2D eigenvalue weighted by atomic mass is 9.85. The van der Waals surface area contributed by atoms with Crippen LogP contribution in [-0.4, -0.2) is 29.2 Å². The van der Waals surface area contributed by atoms with Gasteiger partial charge in [0.2, 0.25) is 0 Å². The smallest absolute Gasteiger partial charge is 0.306 e. The van der Waals surface area contributed by atoms with E-state index in [-0.39, 0.29) is 11.5 Å². The zero-order valence-corrected chi connectivity index (χ0v) is 15.9. The third-order valence-corrected chi connectivity index (χ3v) is 5.98. The molecular weight excluding hydrogens is 312 g/mol. The summed E-state index contributed by atoms with van der Waals surface area (Å²) in [5.74, 6) is -0.773. The highest BCUT2D eigenvalue weighted by atomic mass is 16.4. The van der Waals surface area contributed by atoms with Crippen molar-refractivity contribution in [3.8, 4) is 0 Å². The van der Waals surface area contributed by atoms with E-state index >= 15 is 0 Å². The number of nitrogens with one attached hydrogen (secondary N) is 2. The molecule has 4 nitrogen and oxygen atoms in total. The van der Waals surface area contributed by atoms with Crippen LogP contribution in [0.25, 0.3) is 0 Å². The molecule has 0 bridgehead atoms. The third-order valence-electron chi connectivity index (χ3n) is 5.98. The molecule has 1 aromatic carbocycles. The van der Waals surface area contributed by atoms with Crippen LogP contribution in [-0.2, 0) is 4.79 Å². The Bertz CT molecular complexity index is 520. The standard InChI is InChI=1S/C21H34N2O2/c1-4-21(5-2,23-16(3)17-9-7-6-8-10-17)15-22-19-13-11-18(12-14-19)20(24)25/h6-10,16,18-19,22-23H,4-5,11-15H2,1-3H3,(H,24,25). The van der Waals surface area contributed by atoms with Gasteiger partial charge in [-0.15, -0.1) is 0 Å². The molecule has 0 amide bonds. The van der Waals surface area contributed by atoms with Crippen molar-refractivity contribution in [2.75, 3.05) is 6.54 Å². The van der Waals surface area contributed by atoms with Crippen molar-refractivity contribution in [1.29, 1.82) is 0 Å². The first-order valence-corrected chi connectivity index (χ1v) is 9.78. The van der Waals surface area contributed by atoms with Crippen molar-refractivity contribution in [3.05, 3.63) is 35.9 Å². The molecule has 0 saturated heterocycles. The van der Waals surface area contributed by atoms with Gasteiger partial charge in [-0.2, -0.15) is 0 Å². The van der Waals surface area contributed by atoms with Gasteiger partial charge < -0.3 is 15.7 Å². The van der Waals surface area contributed by atoms with E-state index in [1.165, 1.54) is 5.56 Å². The highest BCUT2D eigenvalue weighted by molar-refractivity contribution is 5.70. The third kappa shape index (κ3) is 5.55. The van der Waals surface area contributed by atoms with Crippen LogP contribution < -0.4 is 10.6 Å². The maximum Gasteiger partial charge on any atom is 0.306 e. The number of aliphatic carboxylic acids is 1. The van der Waals surface area contributed by atoms with Crippen LogP contribution in [0.2, 0.25) is 0 Å². The van der Waals surface area contributed by atoms with E-state index in [2.05, 4.69) is 61.7 Å². The first kappa shape index (κ1) is 19.9. The molecule has 1 aliphatic rings. The Hall–Kier alpha value is -1.39. The highest BCUT2D eigenvalue weighted by Crippen LogP contribution is 2.26. The molecule has 1 fully saturated rings. The Labute approximate surface area is 152 Å². The summed E-state index contributed by atoms with van der Waals surface area (Å²) in [6, 6.07) is 11.3. The van der Waals surface area contributed by atoms with Gasteiger partial charge in [0.25, 0.3) is 0 Å². The van der Waals surface area contributed by atoms with Gasteiger partial charge in [-0.25, -0.2) is 0 Å². The van der Waals surface area contributed by atoms with Crippen LogP contribution in [0.15, 0.2) is 30.3 Å². The summed E-state index contributed by atoms with van der Waals surface area (Å²) in [5, 5.41) is 16.7. The van der Waals surface area contributed by atoms with Crippen molar-refractivity contribution in [3.63, 3.8) is 0 Å². The van der Waals surface area contributed by atoms with Crippen LogP contribution in [0.4, 0.5) is 0 Å². The summed E-state index contributed by atoms with van der Waals surface area (Å²) < 4.78 is 0. The van der Waals surface area contributed by atoms with Gasteiger partial charge in [0, 0.05) is 24.2 Å². The van der Waals surface area contributed by atoms with Gasteiger partial charge in [-0.1, -0.05) is 44.2 Å². The quantitative estimate of drug-likeness (QED) is 0.629. The molecule has 1 saturated carbocycles. The maximum atomic E-state index is 11.1. The molecule has 1 aliphatic carbocycles. The Morgan fingerprint density at radius 1 is 1.16 bits per heavy atom. The fourth-order valence-corrected chi connectivity index (χ4v) is 3.92. The Balaban J connectivity index is 1.90. The molecule has 0 spiro atoms. The minimum Gasteiger partial charge on any atom is -0.481 e. The molecule has 3 N–H and O–H groups in total. The number of hydrogen-bond acceptors (Lipinski definition) is 3. The summed E-state index contributed by atoms with van der Waals surface area (Å²) in [7, 11) is 0. The first-order valence-electron chi connectivity index (χ1n) is 9.78. The predicted octanol–water partition coefficient (Wildman–Crippen LogP) is 4.13. The Kier molecular flexibility index (Phi) is 7.45. The average Bonchev–Trinajstić information content (AvgIpc) is 2.66. The molecule has 140 valence electrons. The van der Waals surface area contributed by atoms with Gasteiger partial charge >= 0.3 is 5.97 Å². The van der Waals surface area contributed by atoms with E-state index in [0.717, 1.165) is 45.1 Å². The minimum atomic E-state index is -0.631. The number of benzene rings is 1. The summed E-state index contributed by atoms with van der Waals surface area (Å²) >= 11 is 0. The normalized spacial score (nSPS) is 22.5. The predicted molar refractivity (Wildman–Crippen MR) is 103 cm³/mol. The lowest BCUT2D eigenvalue weighted by molar-refractivity contribution is -0.142. The lowest BCUT2D eigenvalue weighted by Gasteiger charge is -2.38. The van der Waals surface area contributed by atoms with Crippen LogP contribution in [0.3, 0.4) is 0 Å². The molecular formula is C21H34N2O2. The molecule has 0 aromatic heterocycles. The van der Waals surface area contributed by atoms with E-state index in [1.54, 1.807) is 0 Å². The monoisotopic (exact) mass is 346 g/mol. The van der Waals surface area contributed by atoms with E-state index in [9.17, 15) is 4.79 Å². The molecule has 25 heavy (non-hydrogen) atoms. The molecule has 2 rings (SSSR count). The fraction of sp³-hybridized carbons (Fsp3) is 0.667. The molecule has 0 aliphatic heterocycles. The molecule has 1 atom stereocenters. The Morgan fingerprint density at radius 2 is 1.76 bits per heavy atom. The minimum absolute atomic E-state index is 0.0684. The van der Waals surface area contributed by atoms with Crippen molar-refractivity contribution in [1.82, 2.24) is 10.6 Å².